The highest BCUT2D eigenvalue weighted by molar-refractivity contribution is 5.94. The van der Waals surface area contributed by atoms with Gasteiger partial charge in [-0.25, -0.2) is 4.98 Å². The predicted molar refractivity (Wildman–Crippen MR) is 95.0 cm³/mol. The largest absolute Gasteiger partial charge is 0.339 e. The molecule has 0 aliphatic carbocycles. The van der Waals surface area contributed by atoms with Gasteiger partial charge in [-0.15, -0.1) is 0 Å². The Labute approximate surface area is 143 Å². The molecule has 0 spiro atoms. The third kappa shape index (κ3) is 3.85. The molecule has 24 heavy (non-hydrogen) atoms. The lowest BCUT2D eigenvalue weighted by Crippen LogP contribution is -2.45. The lowest BCUT2D eigenvalue weighted by Gasteiger charge is -2.36. The fourth-order valence-electron chi connectivity index (χ4n) is 3.34. The minimum atomic E-state index is 0.124. The van der Waals surface area contributed by atoms with Crippen LogP contribution in [0.2, 0.25) is 0 Å². The first-order valence-electron chi connectivity index (χ1n) is 8.71. The van der Waals surface area contributed by atoms with E-state index in [0.29, 0.717) is 6.04 Å². The van der Waals surface area contributed by atoms with Gasteiger partial charge in [0, 0.05) is 50.7 Å². The number of nitrogens with zero attached hydrogens (tertiary/aromatic N) is 4. The van der Waals surface area contributed by atoms with Gasteiger partial charge in [-0.1, -0.05) is 19.1 Å². The molecule has 0 radical (unpaired) electrons. The molecule has 1 aromatic carbocycles. The van der Waals surface area contributed by atoms with E-state index in [1.807, 2.05) is 47.0 Å². The standard InChI is InChI=1S/C19H26N4O/c1-3-22-11-8-18(9-12-22)21(2)19(24)17-6-4-16(5-7-17)14-23-13-10-20-15-23/h4-7,10,13,15,18H,3,8-9,11-12,14H2,1-2H3. The van der Waals surface area contributed by atoms with Gasteiger partial charge in [0.15, 0.2) is 0 Å². The van der Waals surface area contributed by atoms with Crippen molar-refractivity contribution < 1.29 is 4.79 Å². The summed E-state index contributed by atoms with van der Waals surface area (Å²) in [4.78, 5) is 21.1. The second-order valence-corrected chi connectivity index (χ2v) is 6.51. The number of hydrogen-bond acceptors (Lipinski definition) is 3. The third-order valence-electron chi connectivity index (χ3n) is 5.00. The van der Waals surface area contributed by atoms with Gasteiger partial charge in [-0.05, 0) is 37.1 Å². The van der Waals surface area contributed by atoms with Gasteiger partial charge < -0.3 is 14.4 Å². The first kappa shape index (κ1) is 16.7. The monoisotopic (exact) mass is 326 g/mol. The maximum atomic E-state index is 12.7. The zero-order valence-corrected chi connectivity index (χ0v) is 14.6. The van der Waals surface area contributed by atoms with E-state index in [1.54, 1.807) is 12.5 Å². The van der Waals surface area contributed by atoms with E-state index in [2.05, 4.69) is 16.8 Å². The number of imidazole rings is 1. The van der Waals surface area contributed by atoms with Crippen molar-refractivity contribution in [3.63, 3.8) is 0 Å². The molecule has 0 N–H and O–H groups in total. The smallest absolute Gasteiger partial charge is 0.253 e. The highest BCUT2D eigenvalue weighted by Crippen LogP contribution is 2.18. The zero-order valence-electron chi connectivity index (χ0n) is 14.6. The molecule has 2 aromatic rings. The molecule has 0 atom stereocenters. The van der Waals surface area contributed by atoms with Crippen LogP contribution in [-0.2, 0) is 6.54 Å². The minimum absolute atomic E-state index is 0.124. The summed E-state index contributed by atoms with van der Waals surface area (Å²) in [6, 6.07) is 8.28. The van der Waals surface area contributed by atoms with E-state index in [9.17, 15) is 4.79 Å². The molecule has 1 saturated heterocycles. The second kappa shape index (κ2) is 7.62. The van der Waals surface area contributed by atoms with Gasteiger partial charge in [0.2, 0.25) is 0 Å². The highest BCUT2D eigenvalue weighted by Gasteiger charge is 2.25. The van der Waals surface area contributed by atoms with Crippen LogP contribution in [0, 0.1) is 0 Å². The van der Waals surface area contributed by atoms with Crippen molar-refractivity contribution in [2.75, 3.05) is 26.7 Å². The van der Waals surface area contributed by atoms with Crippen molar-refractivity contribution in [1.82, 2.24) is 19.4 Å². The van der Waals surface area contributed by atoms with Gasteiger partial charge >= 0.3 is 0 Å². The van der Waals surface area contributed by atoms with Gasteiger partial charge in [0.1, 0.15) is 0 Å². The molecule has 128 valence electrons. The van der Waals surface area contributed by atoms with Crippen LogP contribution in [-0.4, -0.2) is 58.0 Å². The summed E-state index contributed by atoms with van der Waals surface area (Å²) in [7, 11) is 1.94. The molecule has 5 heteroatoms. The average Bonchev–Trinajstić information content (AvgIpc) is 3.14. The Morgan fingerprint density at radius 2 is 1.96 bits per heavy atom. The Morgan fingerprint density at radius 1 is 1.25 bits per heavy atom. The number of piperidine rings is 1. The fourth-order valence-corrected chi connectivity index (χ4v) is 3.34. The second-order valence-electron chi connectivity index (χ2n) is 6.51. The molecule has 1 fully saturated rings. The lowest BCUT2D eigenvalue weighted by molar-refractivity contribution is 0.0647. The molecule has 2 heterocycles. The molecule has 5 nitrogen and oxygen atoms in total. The van der Waals surface area contributed by atoms with Crippen molar-refractivity contribution in [2.45, 2.75) is 32.4 Å². The number of rotatable bonds is 5. The van der Waals surface area contributed by atoms with Gasteiger partial charge in [0.25, 0.3) is 5.91 Å². The minimum Gasteiger partial charge on any atom is -0.339 e. The molecule has 0 bridgehead atoms. The van der Waals surface area contributed by atoms with E-state index < -0.39 is 0 Å². The summed E-state index contributed by atoms with van der Waals surface area (Å²) < 4.78 is 2.02. The summed E-state index contributed by atoms with van der Waals surface area (Å²) >= 11 is 0. The molecular weight excluding hydrogens is 300 g/mol. The van der Waals surface area contributed by atoms with Crippen molar-refractivity contribution in [3.05, 3.63) is 54.1 Å². The van der Waals surface area contributed by atoms with Crippen LogP contribution in [0.15, 0.2) is 43.0 Å². The zero-order chi connectivity index (χ0) is 16.9. The number of carbonyl (C=O) groups excluding carboxylic acids is 1. The average molecular weight is 326 g/mol. The van der Waals surface area contributed by atoms with Gasteiger partial charge in [0.05, 0.1) is 6.33 Å². The number of carbonyl (C=O) groups is 1. The SMILES string of the molecule is CCN1CCC(N(C)C(=O)c2ccc(Cn3ccnc3)cc2)CC1. The van der Waals surface area contributed by atoms with Crippen molar-refractivity contribution in [2.24, 2.45) is 0 Å². The number of amides is 1. The van der Waals surface area contributed by atoms with Crippen LogP contribution in [0.25, 0.3) is 0 Å². The Kier molecular flexibility index (Phi) is 5.30. The summed E-state index contributed by atoms with van der Waals surface area (Å²) in [5.74, 6) is 0.124. The van der Waals surface area contributed by atoms with E-state index in [1.165, 1.54) is 5.56 Å². The van der Waals surface area contributed by atoms with Crippen LogP contribution in [0.1, 0.15) is 35.7 Å². The van der Waals surface area contributed by atoms with Crippen LogP contribution < -0.4 is 0 Å². The summed E-state index contributed by atoms with van der Waals surface area (Å²) in [6.45, 7) is 6.24. The van der Waals surface area contributed by atoms with Gasteiger partial charge in [-0.2, -0.15) is 0 Å². The van der Waals surface area contributed by atoms with Crippen LogP contribution in [0.5, 0.6) is 0 Å². The quantitative estimate of drug-likeness (QED) is 0.848. The summed E-state index contributed by atoms with van der Waals surface area (Å²) in [5, 5.41) is 0. The summed E-state index contributed by atoms with van der Waals surface area (Å²) in [6.07, 6.45) is 7.64. The summed E-state index contributed by atoms with van der Waals surface area (Å²) in [5.41, 5.74) is 1.94. The van der Waals surface area contributed by atoms with Crippen molar-refractivity contribution >= 4 is 5.91 Å². The normalized spacial score (nSPS) is 16.2. The van der Waals surface area contributed by atoms with E-state index >= 15 is 0 Å². The topological polar surface area (TPSA) is 41.4 Å². The van der Waals surface area contributed by atoms with Crippen molar-refractivity contribution in [1.29, 1.82) is 0 Å². The highest BCUT2D eigenvalue weighted by atomic mass is 16.2. The predicted octanol–water partition coefficient (Wildman–Crippen LogP) is 2.49. The number of aromatic nitrogens is 2. The maximum Gasteiger partial charge on any atom is 0.253 e. The number of hydrogen-bond donors (Lipinski definition) is 0. The fraction of sp³-hybridized carbons (Fsp3) is 0.474. The molecule has 0 saturated carbocycles. The van der Waals surface area contributed by atoms with Crippen molar-refractivity contribution in [3.8, 4) is 0 Å². The van der Waals surface area contributed by atoms with Crippen LogP contribution in [0.4, 0.5) is 0 Å². The molecular formula is C19H26N4O. The van der Waals surface area contributed by atoms with E-state index in [0.717, 1.165) is 44.6 Å². The van der Waals surface area contributed by atoms with Crippen LogP contribution >= 0.6 is 0 Å². The molecule has 0 unspecified atom stereocenters. The molecule has 1 amide bonds. The van der Waals surface area contributed by atoms with Crippen LogP contribution in [0.3, 0.4) is 0 Å². The number of benzene rings is 1. The molecule has 1 aliphatic rings. The first-order chi connectivity index (χ1) is 11.7. The lowest BCUT2D eigenvalue weighted by atomic mass is 10.0. The Morgan fingerprint density at radius 3 is 2.54 bits per heavy atom. The molecule has 3 rings (SSSR count). The maximum absolute atomic E-state index is 12.7. The Balaban J connectivity index is 1.60. The number of likely N-dealkylation sites (tertiary alicyclic amines) is 1. The Bertz CT molecular complexity index is 643. The van der Waals surface area contributed by atoms with E-state index in [-0.39, 0.29) is 5.91 Å². The first-order valence-corrected chi connectivity index (χ1v) is 8.71. The molecule has 1 aliphatic heterocycles. The third-order valence-corrected chi connectivity index (χ3v) is 5.00. The van der Waals surface area contributed by atoms with Gasteiger partial charge in [-0.3, -0.25) is 4.79 Å². The Hall–Kier alpha value is -2.14. The van der Waals surface area contributed by atoms with E-state index in [4.69, 9.17) is 0 Å². The molecule has 1 aromatic heterocycles.